The summed E-state index contributed by atoms with van der Waals surface area (Å²) in [4.78, 5) is 0. The molecule has 3 aromatic rings. The standard InChI is InChI=1S/C28H29ClFNO.C2H6/c1-3-7-19(20-11-12-20)13-15-22-8-6-17-31(22)27-16-14-21(29)18-25(27)28(32)24-9-5-10-26(30)23(24)4-2;1-2/h5-6,8-10,13-18,28,32H,3-4,7,11-12H2,1-2H3;1-2H3/b15-13+;. The van der Waals surface area contributed by atoms with Crippen molar-refractivity contribution in [3.05, 3.63) is 105 Å². The molecule has 1 atom stereocenters. The number of rotatable bonds is 8. The van der Waals surface area contributed by atoms with Gasteiger partial charge in [-0.2, -0.15) is 0 Å². The Hall–Kier alpha value is -2.62. The van der Waals surface area contributed by atoms with Crippen LogP contribution in [0.5, 0.6) is 0 Å². The van der Waals surface area contributed by atoms with Gasteiger partial charge in [0.05, 0.1) is 5.69 Å². The molecule has 1 N–H and O–H groups in total. The van der Waals surface area contributed by atoms with Crippen molar-refractivity contribution in [1.82, 2.24) is 4.57 Å². The highest BCUT2D eigenvalue weighted by Gasteiger charge is 2.21. The summed E-state index contributed by atoms with van der Waals surface area (Å²) < 4.78 is 16.5. The Morgan fingerprint density at radius 3 is 2.53 bits per heavy atom. The average Bonchev–Trinajstić information content (AvgIpc) is 3.60. The fourth-order valence-corrected chi connectivity index (χ4v) is 4.48. The van der Waals surface area contributed by atoms with Crippen molar-refractivity contribution >= 4 is 17.7 Å². The van der Waals surface area contributed by atoms with Crippen LogP contribution in [-0.4, -0.2) is 9.67 Å². The molecule has 1 fully saturated rings. The van der Waals surface area contributed by atoms with Gasteiger partial charge in [-0.15, -0.1) is 0 Å². The number of hydrogen-bond acceptors (Lipinski definition) is 1. The van der Waals surface area contributed by atoms with Crippen LogP contribution in [0.15, 0.2) is 72.0 Å². The van der Waals surface area contributed by atoms with E-state index in [1.165, 1.54) is 24.5 Å². The minimum absolute atomic E-state index is 0.297. The lowest BCUT2D eigenvalue weighted by atomic mass is 9.94. The third kappa shape index (κ3) is 5.89. The lowest BCUT2D eigenvalue weighted by molar-refractivity contribution is 0.218. The molecular formula is C30H35ClFNO. The summed E-state index contributed by atoms with van der Waals surface area (Å²) in [7, 11) is 0. The predicted molar refractivity (Wildman–Crippen MR) is 142 cm³/mol. The predicted octanol–water partition coefficient (Wildman–Crippen LogP) is 8.84. The minimum Gasteiger partial charge on any atom is -0.384 e. The van der Waals surface area contributed by atoms with E-state index in [0.29, 0.717) is 28.1 Å². The number of aliphatic hydroxyl groups is 1. The van der Waals surface area contributed by atoms with Crippen LogP contribution in [-0.2, 0) is 6.42 Å². The molecule has 2 nitrogen and oxygen atoms in total. The molecule has 1 unspecified atom stereocenters. The van der Waals surface area contributed by atoms with E-state index in [-0.39, 0.29) is 5.82 Å². The minimum atomic E-state index is -0.988. The Labute approximate surface area is 208 Å². The van der Waals surface area contributed by atoms with Crippen LogP contribution >= 0.6 is 11.6 Å². The van der Waals surface area contributed by atoms with Gasteiger partial charge in [0.1, 0.15) is 11.9 Å². The third-order valence-electron chi connectivity index (χ3n) is 6.06. The molecule has 0 bridgehead atoms. The molecule has 0 spiro atoms. The third-order valence-corrected chi connectivity index (χ3v) is 6.29. The van der Waals surface area contributed by atoms with Gasteiger partial charge in [0, 0.05) is 22.5 Å². The van der Waals surface area contributed by atoms with Gasteiger partial charge in [-0.05, 0) is 84.9 Å². The first-order valence-electron chi connectivity index (χ1n) is 12.3. The van der Waals surface area contributed by atoms with Crippen molar-refractivity contribution in [2.45, 2.75) is 65.9 Å². The van der Waals surface area contributed by atoms with E-state index < -0.39 is 6.10 Å². The SMILES string of the molecule is CC.CCCC(/C=C/c1cccn1-c1ccc(Cl)cc1C(O)c1cccc(F)c1CC)=C1CC1. The van der Waals surface area contributed by atoms with Gasteiger partial charge < -0.3 is 9.67 Å². The van der Waals surface area contributed by atoms with E-state index in [1.807, 2.05) is 45.2 Å². The molecule has 180 valence electrons. The molecule has 34 heavy (non-hydrogen) atoms. The summed E-state index contributed by atoms with van der Waals surface area (Å²) in [5.74, 6) is -0.297. The molecule has 0 radical (unpaired) electrons. The van der Waals surface area contributed by atoms with Crippen molar-refractivity contribution in [3.8, 4) is 5.69 Å². The lowest BCUT2D eigenvalue weighted by Crippen LogP contribution is -2.09. The first kappa shape index (κ1) is 26.0. The number of allylic oxidation sites excluding steroid dienone is 3. The number of hydrogen-bond donors (Lipinski definition) is 1. The van der Waals surface area contributed by atoms with Gasteiger partial charge in [-0.1, -0.05) is 69.5 Å². The molecule has 2 aromatic carbocycles. The Balaban J connectivity index is 0.00000158. The van der Waals surface area contributed by atoms with Crippen LogP contribution in [0.2, 0.25) is 5.02 Å². The van der Waals surface area contributed by atoms with Crippen LogP contribution in [0.1, 0.15) is 81.9 Å². The number of halogens is 2. The summed E-state index contributed by atoms with van der Waals surface area (Å²) in [6, 6.07) is 14.4. The van der Waals surface area contributed by atoms with Crippen LogP contribution in [0, 0.1) is 5.82 Å². The molecule has 4 heteroatoms. The molecule has 4 rings (SSSR count). The van der Waals surface area contributed by atoms with Crippen LogP contribution in [0.3, 0.4) is 0 Å². The first-order chi connectivity index (χ1) is 16.5. The molecule has 0 aliphatic heterocycles. The molecule has 0 amide bonds. The number of aromatic nitrogens is 1. The Morgan fingerprint density at radius 2 is 1.85 bits per heavy atom. The van der Waals surface area contributed by atoms with Crippen molar-refractivity contribution in [2.75, 3.05) is 0 Å². The van der Waals surface area contributed by atoms with Crippen molar-refractivity contribution in [2.24, 2.45) is 0 Å². The summed E-state index contributed by atoms with van der Waals surface area (Å²) in [5.41, 5.74) is 6.59. The van der Waals surface area contributed by atoms with Gasteiger partial charge in [-0.3, -0.25) is 0 Å². The average molecular weight is 480 g/mol. The molecule has 1 heterocycles. The first-order valence-corrected chi connectivity index (χ1v) is 12.7. The van der Waals surface area contributed by atoms with Crippen LogP contribution in [0.4, 0.5) is 4.39 Å². The van der Waals surface area contributed by atoms with Gasteiger partial charge in [0.2, 0.25) is 0 Å². The summed E-state index contributed by atoms with van der Waals surface area (Å²) in [6.07, 6.45) is 10.5. The Morgan fingerprint density at radius 1 is 1.09 bits per heavy atom. The van der Waals surface area contributed by atoms with Gasteiger partial charge >= 0.3 is 0 Å². The van der Waals surface area contributed by atoms with Crippen molar-refractivity contribution in [1.29, 1.82) is 0 Å². The summed E-state index contributed by atoms with van der Waals surface area (Å²) in [5, 5.41) is 11.9. The van der Waals surface area contributed by atoms with Gasteiger partial charge in [-0.25, -0.2) is 4.39 Å². The largest absolute Gasteiger partial charge is 0.384 e. The van der Waals surface area contributed by atoms with E-state index >= 15 is 0 Å². The molecule has 0 saturated heterocycles. The van der Waals surface area contributed by atoms with E-state index in [1.54, 1.807) is 23.8 Å². The maximum Gasteiger partial charge on any atom is 0.126 e. The highest BCUT2D eigenvalue weighted by Crippen LogP contribution is 2.35. The summed E-state index contributed by atoms with van der Waals surface area (Å²) >= 11 is 6.32. The molecule has 1 aliphatic carbocycles. The fourth-order valence-electron chi connectivity index (χ4n) is 4.30. The highest BCUT2D eigenvalue weighted by atomic mass is 35.5. The zero-order valence-electron chi connectivity index (χ0n) is 20.6. The molecule has 1 saturated carbocycles. The number of aliphatic hydroxyl groups excluding tert-OH is 1. The van der Waals surface area contributed by atoms with Gasteiger partial charge in [0.25, 0.3) is 0 Å². The van der Waals surface area contributed by atoms with Crippen molar-refractivity contribution in [3.63, 3.8) is 0 Å². The monoisotopic (exact) mass is 479 g/mol. The van der Waals surface area contributed by atoms with E-state index in [4.69, 9.17) is 11.6 Å². The van der Waals surface area contributed by atoms with E-state index in [0.717, 1.165) is 24.2 Å². The second-order valence-electron chi connectivity index (χ2n) is 8.28. The molecular weight excluding hydrogens is 445 g/mol. The van der Waals surface area contributed by atoms with Gasteiger partial charge in [0.15, 0.2) is 0 Å². The number of benzene rings is 2. The zero-order valence-corrected chi connectivity index (χ0v) is 21.4. The van der Waals surface area contributed by atoms with Crippen LogP contribution < -0.4 is 0 Å². The van der Waals surface area contributed by atoms with Crippen molar-refractivity contribution < 1.29 is 9.50 Å². The lowest BCUT2D eigenvalue weighted by Gasteiger charge is -2.20. The second-order valence-corrected chi connectivity index (χ2v) is 8.72. The smallest absolute Gasteiger partial charge is 0.126 e. The second kappa shape index (κ2) is 12.2. The maximum atomic E-state index is 14.4. The normalized spacial score (nSPS) is 13.6. The van der Waals surface area contributed by atoms with E-state index in [2.05, 4.69) is 29.7 Å². The molecule has 1 aliphatic rings. The van der Waals surface area contributed by atoms with E-state index in [9.17, 15) is 9.50 Å². The Bertz CT molecular complexity index is 1170. The number of nitrogens with zero attached hydrogens (tertiary/aromatic N) is 1. The van der Waals surface area contributed by atoms with Crippen LogP contribution in [0.25, 0.3) is 11.8 Å². The maximum absolute atomic E-state index is 14.4. The highest BCUT2D eigenvalue weighted by molar-refractivity contribution is 6.30. The summed E-state index contributed by atoms with van der Waals surface area (Å²) in [6.45, 7) is 8.10. The Kier molecular flexibility index (Phi) is 9.32. The topological polar surface area (TPSA) is 25.2 Å². The fraction of sp³-hybridized carbons (Fsp3) is 0.333. The quantitative estimate of drug-likeness (QED) is 0.343. The molecule has 1 aromatic heterocycles. The zero-order chi connectivity index (χ0) is 24.7.